The van der Waals surface area contributed by atoms with Crippen LogP contribution in [0.3, 0.4) is 0 Å². The van der Waals surface area contributed by atoms with E-state index in [0.29, 0.717) is 6.04 Å². The van der Waals surface area contributed by atoms with Crippen LogP contribution in [-0.2, 0) is 4.74 Å². The van der Waals surface area contributed by atoms with Crippen molar-refractivity contribution in [3.63, 3.8) is 0 Å². The van der Waals surface area contributed by atoms with Crippen LogP contribution in [0.15, 0.2) is 0 Å². The van der Waals surface area contributed by atoms with Gasteiger partial charge in [-0.15, -0.1) is 0 Å². The number of aliphatic hydroxyl groups is 1. The minimum absolute atomic E-state index is 0.178. The van der Waals surface area contributed by atoms with Gasteiger partial charge >= 0.3 is 0 Å². The molecule has 1 saturated carbocycles. The summed E-state index contributed by atoms with van der Waals surface area (Å²) in [7, 11) is 0. The minimum atomic E-state index is -0.178. The molecule has 114 valence electrons. The lowest BCUT2D eigenvalue weighted by Crippen LogP contribution is -2.49. The molecule has 0 aliphatic heterocycles. The molecule has 3 nitrogen and oxygen atoms in total. The molecule has 0 saturated heterocycles. The summed E-state index contributed by atoms with van der Waals surface area (Å²) in [6.07, 6.45) is 10.00. The summed E-state index contributed by atoms with van der Waals surface area (Å²) < 4.78 is 5.87. The van der Waals surface area contributed by atoms with Gasteiger partial charge in [-0.25, -0.2) is 0 Å². The number of nitrogens with one attached hydrogen (secondary N) is 1. The third kappa shape index (κ3) is 7.91. The molecular weight excluding hydrogens is 238 g/mol. The average Bonchev–Trinajstić information content (AvgIpc) is 3.17. The predicted octanol–water partition coefficient (Wildman–Crippen LogP) is 3.26. The summed E-state index contributed by atoms with van der Waals surface area (Å²) in [6, 6.07) is 0.624. The van der Waals surface area contributed by atoms with Crippen molar-refractivity contribution in [2.75, 3.05) is 13.2 Å². The summed E-state index contributed by atoms with van der Waals surface area (Å²) in [6.45, 7) is 7.51. The van der Waals surface area contributed by atoms with Crippen molar-refractivity contribution in [3.05, 3.63) is 0 Å². The number of rotatable bonds is 12. The van der Waals surface area contributed by atoms with Gasteiger partial charge in [0, 0.05) is 18.2 Å². The van der Waals surface area contributed by atoms with E-state index in [1.165, 1.54) is 38.5 Å². The van der Waals surface area contributed by atoms with Gasteiger partial charge in [0.05, 0.1) is 12.7 Å². The number of hydrogen-bond donors (Lipinski definition) is 2. The molecule has 1 fully saturated rings. The fraction of sp³-hybridized carbons (Fsp3) is 1.00. The Labute approximate surface area is 119 Å². The van der Waals surface area contributed by atoms with E-state index in [1.807, 2.05) is 0 Å². The third-order valence-electron chi connectivity index (χ3n) is 3.87. The molecule has 0 spiro atoms. The van der Waals surface area contributed by atoms with Crippen molar-refractivity contribution >= 4 is 0 Å². The van der Waals surface area contributed by atoms with Crippen LogP contribution in [0.25, 0.3) is 0 Å². The molecule has 1 aliphatic carbocycles. The zero-order chi connectivity index (χ0) is 14.1. The Morgan fingerprint density at radius 2 is 1.95 bits per heavy atom. The van der Waals surface area contributed by atoms with Crippen LogP contribution in [0, 0.1) is 0 Å². The van der Waals surface area contributed by atoms with Crippen molar-refractivity contribution in [1.29, 1.82) is 0 Å². The second-order valence-corrected chi connectivity index (χ2v) is 6.44. The lowest BCUT2D eigenvalue weighted by molar-refractivity contribution is 0.0258. The molecule has 0 aromatic rings. The molecule has 19 heavy (non-hydrogen) atoms. The van der Waals surface area contributed by atoms with Gasteiger partial charge in [0.25, 0.3) is 0 Å². The SMILES string of the molecule is CCCCCCCOC(C)CC(C)(CO)NC1CC1. The standard InChI is InChI=1S/C16H33NO2/c1-4-5-6-7-8-11-19-14(2)12-16(3,13-18)17-15-9-10-15/h14-15,17-18H,4-13H2,1-3H3. The lowest BCUT2D eigenvalue weighted by atomic mass is 9.95. The van der Waals surface area contributed by atoms with E-state index < -0.39 is 0 Å². The van der Waals surface area contributed by atoms with E-state index in [2.05, 4.69) is 26.1 Å². The maximum Gasteiger partial charge on any atom is 0.0611 e. The largest absolute Gasteiger partial charge is 0.394 e. The first-order valence-electron chi connectivity index (χ1n) is 8.10. The van der Waals surface area contributed by atoms with E-state index >= 15 is 0 Å². The molecule has 0 amide bonds. The predicted molar refractivity (Wildman–Crippen MR) is 80.4 cm³/mol. The summed E-state index contributed by atoms with van der Waals surface area (Å²) in [5.74, 6) is 0. The molecule has 0 heterocycles. The monoisotopic (exact) mass is 271 g/mol. The Morgan fingerprint density at radius 1 is 1.26 bits per heavy atom. The van der Waals surface area contributed by atoms with E-state index in [4.69, 9.17) is 4.74 Å². The van der Waals surface area contributed by atoms with Crippen LogP contribution in [0.5, 0.6) is 0 Å². The molecular formula is C16H33NO2. The van der Waals surface area contributed by atoms with Gasteiger partial charge in [-0.2, -0.15) is 0 Å². The van der Waals surface area contributed by atoms with Crippen LogP contribution >= 0.6 is 0 Å². The van der Waals surface area contributed by atoms with Gasteiger partial charge in [0.2, 0.25) is 0 Å². The van der Waals surface area contributed by atoms with Crippen LogP contribution in [-0.4, -0.2) is 36.0 Å². The van der Waals surface area contributed by atoms with Gasteiger partial charge < -0.3 is 15.2 Å². The van der Waals surface area contributed by atoms with Crippen LogP contribution in [0.2, 0.25) is 0 Å². The normalized spacial score (nSPS) is 20.2. The molecule has 2 N–H and O–H groups in total. The van der Waals surface area contributed by atoms with Crippen LogP contribution in [0.4, 0.5) is 0 Å². The minimum Gasteiger partial charge on any atom is -0.394 e. The molecule has 0 aromatic heterocycles. The van der Waals surface area contributed by atoms with E-state index in [1.54, 1.807) is 0 Å². The maximum absolute atomic E-state index is 9.56. The molecule has 2 unspecified atom stereocenters. The van der Waals surface area contributed by atoms with Gasteiger partial charge in [0.15, 0.2) is 0 Å². The molecule has 0 aromatic carbocycles. The third-order valence-corrected chi connectivity index (χ3v) is 3.87. The van der Waals surface area contributed by atoms with Gasteiger partial charge in [-0.1, -0.05) is 32.6 Å². The number of hydrogen-bond acceptors (Lipinski definition) is 3. The molecule has 1 aliphatic rings. The van der Waals surface area contributed by atoms with Crippen molar-refractivity contribution in [2.24, 2.45) is 0 Å². The number of ether oxygens (including phenoxy) is 1. The molecule has 2 atom stereocenters. The van der Waals surface area contributed by atoms with E-state index in [9.17, 15) is 5.11 Å². The summed E-state index contributed by atoms with van der Waals surface area (Å²) >= 11 is 0. The fourth-order valence-electron chi connectivity index (χ4n) is 2.57. The number of unbranched alkanes of at least 4 members (excludes halogenated alkanes) is 4. The topological polar surface area (TPSA) is 41.5 Å². The zero-order valence-corrected chi connectivity index (χ0v) is 13.1. The maximum atomic E-state index is 9.56. The second-order valence-electron chi connectivity index (χ2n) is 6.44. The van der Waals surface area contributed by atoms with Crippen LogP contribution < -0.4 is 5.32 Å². The van der Waals surface area contributed by atoms with Gasteiger partial charge in [0.1, 0.15) is 0 Å². The van der Waals surface area contributed by atoms with Crippen molar-refractivity contribution in [2.45, 2.75) is 89.8 Å². The van der Waals surface area contributed by atoms with E-state index in [-0.39, 0.29) is 18.2 Å². The Morgan fingerprint density at radius 3 is 2.53 bits per heavy atom. The first-order chi connectivity index (χ1) is 9.09. The van der Waals surface area contributed by atoms with Crippen molar-refractivity contribution in [1.82, 2.24) is 5.32 Å². The van der Waals surface area contributed by atoms with Crippen molar-refractivity contribution in [3.8, 4) is 0 Å². The smallest absolute Gasteiger partial charge is 0.0611 e. The van der Waals surface area contributed by atoms with Gasteiger partial charge in [-0.05, 0) is 39.5 Å². The Hall–Kier alpha value is -0.120. The first kappa shape index (κ1) is 16.9. The summed E-state index contributed by atoms with van der Waals surface area (Å²) in [5.41, 5.74) is -0.178. The quantitative estimate of drug-likeness (QED) is 0.535. The highest BCUT2D eigenvalue weighted by Crippen LogP contribution is 2.25. The van der Waals surface area contributed by atoms with Crippen LogP contribution in [0.1, 0.15) is 72.1 Å². The second kappa shape index (κ2) is 8.93. The molecule has 1 rings (SSSR count). The summed E-state index contributed by atoms with van der Waals surface area (Å²) in [4.78, 5) is 0. The average molecular weight is 271 g/mol. The van der Waals surface area contributed by atoms with E-state index in [0.717, 1.165) is 19.4 Å². The Balaban J connectivity index is 2.08. The molecule has 0 bridgehead atoms. The highest BCUT2D eigenvalue weighted by atomic mass is 16.5. The number of aliphatic hydroxyl groups excluding tert-OH is 1. The highest BCUT2D eigenvalue weighted by Gasteiger charge is 2.33. The van der Waals surface area contributed by atoms with Gasteiger partial charge in [-0.3, -0.25) is 0 Å². The fourth-order valence-corrected chi connectivity index (χ4v) is 2.57. The lowest BCUT2D eigenvalue weighted by Gasteiger charge is -2.31. The first-order valence-corrected chi connectivity index (χ1v) is 8.10. The molecule has 0 radical (unpaired) electrons. The molecule has 3 heteroatoms. The Kier molecular flexibility index (Phi) is 7.96. The Bertz CT molecular complexity index is 231. The summed E-state index contributed by atoms with van der Waals surface area (Å²) in [5, 5.41) is 13.1. The van der Waals surface area contributed by atoms with Crippen molar-refractivity contribution < 1.29 is 9.84 Å². The zero-order valence-electron chi connectivity index (χ0n) is 13.1. The highest BCUT2D eigenvalue weighted by molar-refractivity contribution is 4.93.